The maximum atomic E-state index is 6.08. The lowest BCUT2D eigenvalue weighted by Gasteiger charge is -2.29. The minimum absolute atomic E-state index is 0.0107. The number of hydrogen-bond acceptors (Lipinski definition) is 3. The number of nitrogens with two attached hydrogens (primary N) is 1. The van der Waals surface area contributed by atoms with Gasteiger partial charge >= 0.3 is 0 Å². The molecule has 0 bridgehead atoms. The SMILES string of the molecule is CC(N)C(c1ccco1)N(C)Cc1ccc(Cl)cc1. The fourth-order valence-electron chi connectivity index (χ4n) is 2.31. The largest absolute Gasteiger partial charge is 0.468 e. The summed E-state index contributed by atoms with van der Waals surface area (Å²) in [5.41, 5.74) is 7.28. The number of furan rings is 1. The van der Waals surface area contributed by atoms with Crippen molar-refractivity contribution in [2.45, 2.75) is 25.6 Å². The summed E-state index contributed by atoms with van der Waals surface area (Å²) < 4.78 is 5.49. The third kappa shape index (κ3) is 3.60. The number of rotatable bonds is 5. The highest BCUT2D eigenvalue weighted by atomic mass is 35.5. The highest BCUT2D eigenvalue weighted by Crippen LogP contribution is 2.24. The number of likely N-dealkylation sites (N-methyl/N-ethyl adjacent to an activating group) is 1. The Morgan fingerprint density at radius 3 is 2.47 bits per heavy atom. The van der Waals surface area contributed by atoms with Gasteiger partial charge in [-0.2, -0.15) is 0 Å². The average Bonchev–Trinajstić information content (AvgIpc) is 2.85. The summed E-state index contributed by atoms with van der Waals surface area (Å²) in [5.74, 6) is 0.895. The first-order chi connectivity index (χ1) is 9.08. The Morgan fingerprint density at radius 1 is 1.26 bits per heavy atom. The Kier molecular flexibility index (Phi) is 4.64. The second-order valence-electron chi connectivity index (χ2n) is 4.86. The van der Waals surface area contributed by atoms with Crippen LogP contribution in [-0.4, -0.2) is 18.0 Å². The molecule has 2 aromatic rings. The van der Waals surface area contributed by atoms with Crippen LogP contribution in [0, 0.1) is 0 Å². The predicted molar refractivity (Wildman–Crippen MR) is 78.0 cm³/mol. The first-order valence-electron chi connectivity index (χ1n) is 6.31. The van der Waals surface area contributed by atoms with Gasteiger partial charge in [-0.3, -0.25) is 4.90 Å². The second kappa shape index (κ2) is 6.24. The predicted octanol–water partition coefficient (Wildman–Crippen LogP) is 3.45. The third-order valence-electron chi connectivity index (χ3n) is 3.15. The van der Waals surface area contributed by atoms with Crippen LogP contribution in [0.15, 0.2) is 47.1 Å². The summed E-state index contributed by atoms with van der Waals surface area (Å²) in [4.78, 5) is 2.19. The van der Waals surface area contributed by atoms with Gasteiger partial charge in [-0.15, -0.1) is 0 Å². The van der Waals surface area contributed by atoms with Crippen molar-refractivity contribution in [3.63, 3.8) is 0 Å². The highest BCUT2D eigenvalue weighted by molar-refractivity contribution is 6.30. The molecule has 0 saturated carbocycles. The fourth-order valence-corrected chi connectivity index (χ4v) is 2.44. The van der Waals surface area contributed by atoms with Crippen LogP contribution in [0.25, 0.3) is 0 Å². The third-order valence-corrected chi connectivity index (χ3v) is 3.40. The average molecular weight is 279 g/mol. The van der Waals surface area contributed by atoms with E-state index in [-0.39, 0.29) is 12.1 Å². The Bertz CT molecular complexity index is 493. The van der Waals surface area contributed by atoms with E-state index < -0.39 is 0 Å². The summed E-state index contributed by atoms with van der Waals surface area (Å²) >= 11 is 5.89. The monoisotopic (exact) mass is 278 g/mol. The molecular formula is C15H19ClN2O. The molecule has 0 aliphatic rings. The minimum Gasteiger partial charge on any atom is -0.468 e. The smallest absolute Gasteiger partial charge is 0.122 e. The van der Waals surface area contributed by atoms with Crippen LogP contribution in [0.2, 0.25) is 5.02 Å². The van der Waals surface area contributed by atoms with Gasteiger partial charge in [-0.25, -0.2) is 0 Å². The minimum atomic E-state index is -0.0107. The van der Waals surface area contributed by atoms with Gasteiger partial charge in [0.25, 0.3) is 0 Å². The molecule has 3 nitrogen and oxygen atoms in total. The van der Waals surface area contributed by atoms with Crippen molar-refractivity contribution in [1.82, 2.24) is 4.90 Å². The van der Waals surface area contributed by atoms with Gasteiger partial charge in [0.05, 0.1) is 12.3 Å². The van der Waals surface area contributed by atoms with E-state index in [1.54, 1.807) is 6.26 Å². The molecule has 2 N–H and O–H groups in total. The Labute approximate surface area is 119 Å². The molecule has 1 aromatic heterocycles. The maximum Gasteiger partial charge on any atom is 0.122 e. The molecule has 2 unspecified atom stereocenters. The Hall–Kier alpha value is -1.29. The molecule has 19 heavy (non-hydrogen) atoms. The summed E-state index contributed by atoms with van der Waals surface area (Å²) in [6.45, 7) is 2.79. The van der Waals surface area contributed by atoms with E-state index >= 15 is 0 Å². The van der Waals surface area contributed by atoms with Crippen LogP contribution >= 0.6 is 11.6 Å². The number of halogens is 1. The topological polar surface area (TPSA) is 42.4 Å². The molecule has 2 atom stereocenters. The standard InChI is InChI=1S/C15H19ClN2O/c1-11(17)15(14-4-3-9-19-14)18(2)10-12-5-7-13(16)8-6-12/h3-9,11,15H,10,17H2,1-2H3. The van der Waals surface area contributed by atoms with Crippen LogP contribution < -0.4 is 5.73 Å². The molecule has 0 radical (unpaired) electrons. The van der Waals surface area contributed by atoms with Crippen molar-refractivity contribution in [2.24, 2.45) is 5.73 Å². The zero-order chi connectivity index (χ0) is 13.8. The summed E-state index contributed by atoms with van der Waals surface area (Å²) in [7, 11) is 2.05. The van der Waals surface area contributed by atoms with Crippen LogP contribution in [0.1, 0.15) is 24.3 Å². The van der Waals surface area contributed by atoms with Crippen LogP contribution in [0.3, 0.4) is 0 Å². The first-order valence-corrected chi connectivity index (χ1v) is 6.69. The van der Waals surface area contributed by atoms with E-state index in [0.29, 0.717) is 0 Å². The molecule has 0 aliphatic heterocycles. The summed E-state index contributed by atoms with van der Waals surface area (Å²) in [6, 6.07) is 11.8. The van der Waals surface area contributed by atoms with Crippen molar-refractivity contribution in [1.29, 1.82) is 0 Å². The van der Waals surface area contributed by atoms with Gasteiger partial charge in [0.2, 0.25) is 0 Å². The molecule has 0 saturated heterocycles. The molecule has 1 heterocycles. The van der Waals surface area contributed by atoms with Crippen LogP contribution in [-0.2, 0) is 6.54 Å². The highest BCUT2D eigenvalue weighted by Gasteiger charge is 2.23. The summed E-state index contributed by atoms with van der Waals surface area (Å²) in [5, 5.41) is 0.751. The molecular weight excluding hydrogens is 260 g/mol. The lowest BCUT2D eigenvalue weighted by Crippen LogP contribution is -2.36. The van der Waals surface area contributed by atoms with E-state index in [0.717, 1.165) is 17.3 Å². The zero-order valence-electron chi connectivity index (χ0n) is 11.2. The molecule has 0 amide bonds. The number of benzene rings is 1. The van der Waals surface area contributed by atoms with Crippen molar-refractivity contribution < 1.29 is 4.42 Å². The summed E-state index contributed by atoms with van der Waals surface area (Å²) in [6.07, 6.45) is 1.68. The molecule has 2 rings (SSSR count). The Morgan fingerprint density at radius 2 is 1.95 bits per heavy atom. The van der Waals surface area contributed by atoms with Crippen molar-refractivity contribution in [2.75, 3.05) is 7.05 Å². The second-order valence-corrected chi connectivity index (χ2v) is 5.30. The first kappa shape index (κ1) is 14.1. The normalized spacial score (nSPS) is 14.6. The molecule has 1 aromatic carbocycles. The van der Waals surface area contributed by atoms with E-state index in [1.807, 2.05) is 50.4 Å². The van der Waals surface area contributed by atoms with E-state index in [9.17, 15) is 0 Å². The molecule has 4 heteroatoms. The van der Waals surface area contributed by atoms with Gasteiger partial charge in [0.1, 0.15) is 5.76 Å². The molecule has 0 aliphatic carbocycles. The van der Waals surface area contributed by atoms with Crippen molar-refractivity contribution in [3.8, 4) is 0 Å². The van der Waals surface area contributed by atoms with Gasteiger partial charge in [-0.05, 0) is 43.8 Å². The molecule has 0 spiro atoms. The van der Waals surface area contributed by atoms with Crippen LogP contribution in [0.4, 0.5) is 0 Å². The van der Waals surface area contributed by atoms with Crippen molar-refractivity contribution in [3.05, 3.63) is 59.0 Å². The van der Waals surface area contributed by atoms with E-state index in [1.165, 1.54) is 5.56 Å². The molecule has 102 valence electrons. The number of hydrogen-bond donors (Lipinski definition) is 1. The van der Waals surface area contributed by atoms with E-state index in [2.05, 4.69) is 4.90 Å². The van der Waals surface area contributed by atoms with Gasteiger partial charge < -0.3 is 10.2 Å². The zero-order valence-corrected chi connectivity index (χ0v) is 12.0. The van der Waals surface area contributed by atoms with Crippen molar-refractivity contribution >= 4 is 11.6 Å². The number of nitrogens with zero attached hydrogens (tertiary/aromatic N) is 1. The van der Waals surface area contributed by atoms with Gasteiger partial charge in [0, 0.05) is 17.6 Å². The quantitative estimate of drug-likeness (QED) is 0.911. The van der Waals surface area contributed by atoms with E-state index in [4.69, 9.17) is 21.8 Å². The lowest BCUT2D eigenvalue weighted by molar-refractivity contribution is 0.184. The van der Waals surface area contributed by atoms with Crippen LogP contribution in [0.5, 0.6) is 0 Å². The lowest BCUT2D eigenvalue weighted by atomic mass is 10.1. The maximum absolute atomic E-state index is 6.08. The van der Waals surface area contributed by atoms with Gasteiger partial charge in [-0.1, -0.05) is 23.7 Å². The fraction of sp³-hybridized carbons (Fsp3) is 0.333. The van der Waals surface area contributed by atoms with Gasteiger partial charge in [0.15, 0.2) is 0 Å². The Balaban J connectivity index is 2.12. The molecule has 0 fully saturated rings.